The molecule has 0 aromatic heterocycles. The van der Waals surface area contributed by atoms with Gasteiger partial charge in [-0.15, -0.1) is 0 Å². The molecule has 0 bridgehead atoms. The van der Waals surface area contributed by atoms with Crippen molar-refractivity contribution in [2.75, 3.05) is 0 Å². The molecule has 0 aliphatic rings. The molecule has 0 spiro atoms. The van der Waals surface area contributed by atoms with Gasteiger partial charge in [-0.05, 0) is 13.8 Å². The van der Waals surface area contributed by atoms with Crippen molar-refractivity contribution in [1.29, 1.82) is 10.5 Å². The van der Waals surface area contributed by atoms with Crippen LogP contribution in [-0.4, -0.2) is 0 Å². The summed E-state index contributed by atoms with van der Waals surface area (Å²) in [7, 11) is 0. The SMILES string of the molecule is CC(C)(C#N)C#N. The summed E-state index contributed by atoms with van der Waals surface area (Å²) < 4.78 is 0. The Labute approximate surface area is 43.0 Å². The van der Waals surface area contributed by atoms with Gasteiger partial charge in [0.25, 0.3) is 0 Å². The largest absolute Gasteiger partial charge is 0.197 e. The molecule has 36 valence electrons. The van der Waals surface area contributed by atoms with Crippen molar-refractivity contribution >= 4 is 0 Å². The molecule has 0 N–H and O–H groups in total. The topological polar surface area (TPSA) is 47.6 Å². The van der Waals surface area contributed by atoms with Gasteiger partial charge in [0.1, 0.15) is 5.41 Å². The van der Waals surface area contributed by atoms with Crippen LogP contribution in [0.25, 0.3) is 0 Å². The van der Waals surface area contributed by atoms with Crippen LogP contribution in [0.15, 0.2) is 0 Å². The fourth-order valence-electron chi connectivity index (χ4n) is 0.0250. The lowest BCUT2D eigenvalue weighted by molar-refractivity contribution is 0.662. The Morgan fingerprint density at radius 3 is 1.43 bits per heavy atom. The van der Waals surface area contributed by atoms with Gasteiger partial charge in [-0.25, -0.2) is 0 Å². The normalized spacial score (nSPS) is 9.14. The van der Waals surface area contributed by atoms with E-state index in [0.29, 0.717) is 0 Å². The molecule has 0 aliphatic carbocycles. The summed E-state index contributed by atoms with van der Waals surface area (Å²) in [5.74, 6) is 0. The van der Waals surface area contributed by atoms with Gasteiger partial charge in [-0.1, -0.05) is 0 Å². The summed E-state index contributed by atoms with van der Waals surface area (Å²) in [5.41, 5.74) is -0.806. The molecule has 0 saturated carbocycles. The second-order valence-corrected chi connectivity index (χ2v) is 1.85. The standard InChI is InChI=1S/C5H6N2/c1-5(2,3-6)4-7/h1-2H3. The van der Waals surface area contributed by atoms with Crippen LogP contribution < -0.4 is 0 Å². The van der Waals surface area contributed by atoms with Crippen LogP contribution in [-0.2, 0) is 0 Å². The van der Waals surface area contributed by atoms with Gasteiger partial charge in [0.2, 0.25) is 0 Å². The fraction of sp³-hybridized carbons (Fsp3) is 0.600. The maximum absolute atomic E-state index is 8.12. The summed E-state index contributed by atoms with van der Waals surface area (Å²) in [6.07, 6.45) is 0. The van der Waals surface area contributed by atoms with Crippen LogP contribution in [0.1, 0.15) is 13.8 Å². The van der Waals surface area contributed by atoms with Crippen LogP contribution in [0.5, 0.6) is 0 Å². The monoisotopic (exact) mass is 94.1 g/mol. The molecule has 0 fully saturated rings. The van der Waals surface area contributed by atoms with Crippen molar-refractivity contribution < 1.29 is 0 Å². The van der Waals surface area contributed by atoms with Crippen molar-refractivity contribution in [2.45, 2.75) is 13.8 Å². The van der Waals surface area contributed by atoms with Crippen LogP contribution in [0.4, 0.5) is 0 Å². The molecule has 0 rings (SSSR count). The lowest BCUT2D eigenvalue weighted by Crippen LogP contribution is -2.01. The Balaban J connectivity index is 4.00. The predicted molar refractivity (Wildman–Crippen MR) is 25.0 cm³/mol. The maximum atomic E-state index is 8.12. The molecule has 0 amide bonds. The zero-order valence-corrected chi connectivity index (χ0v) is 4.39. The van der Waals surface area contributed by atoms with Gasteiger partial charge in [-0.3, -0.25) is 0 Å². The van der Waals surface area contributed by atoms with E-state index >= 15 is 0 Å². The second-order valence-electron chi connectivity index (χ2n) is 1.85. The van der Waals surface area contributed by atoms with Crippen LogP contribution in [0.2, 0.25) is 0 Å². The molecule has 0 radical (unpaired) electrons. The molecule has 0 aromatic carbocycles. The highest BCUT2D eigenvalue weighted by atomic mass is 14.3. The molecule has 0 saturated heterocycles. The molecule has 0 aromatic rings. The van der Waals surface area contributed by atoms with Crippen molar-refractivity contribution in [3.63, 3.8) is 0 Å². The summed E-state index contributed by atoms with van der Waals surface area (Å²) in [6, 6.07) is 3.66. The zero-order chi connectivity index (χ0) is 5.91. The Hall–Kier alpha value is -1.02. The van der Waals surface area contributed by atoms with Crippen molar-refractivity contribution in [1.82, 2.24) is 0 Å². The van der Waals surface area contributed by atoms with Crippen LogP contribution in [0.3, 0.4) is 0 Å². The first-order valence-corrected chi connectivity index (χ1v) is 1.95. The minimum absolute atomic E-state index is 0.806. The molecule has 2 nitrogen and oxygen atoms in total. The van der Waals surface area contributed by atoms with Gasteiger partial charge < -0.3 is 0 Å². The number of nitrogens with zero attached hydrogens (tertiary/aromatic N) is 2. The average molecular weight is 94.1 g/mol. The molecule has 7 heavy (non-hydrogen) atoms. The first kappa shape index (κ1) is 5.98. The van der Waals surface area contributed by atoms with E-state index in [1.165, 1.54) is 0 Å². The fourth-order valence-corrected chi connectivity index (χ4v) is 0.0250. The van der Waals surface area contributed by atoms with Gasteiger partial charge in [0.05, 0.1) is 12.1 Å². The zero-order valence-electron chi connectivity index (χ0n) is 4.39. The number of hydrogen-bond acceptors (Lipinski definition) is 2. The Bertz CT molecular complexity index is 117. The van der Waals surface area contributed by atoms with Crippen molar-refractivity contribution in [2.24, 2.45) is 5.41 Å². The lowest BCUT2D eigenvalue weighted by Gasteiger charge is -1.97. The van der Waals surface area contributed by atoms with E-state index in [1.807, 2.05) is 12.1 Å². The lowest BCUT2D eigenvalue weighted by atomic mass is 9.99. The van der Waals surface area contributed by atoms with Crippen LogP contribution >= 0.6 is 0 Å². The first-order chi connectivity index (χ1) is 3.12. The van der Waals surface area contributed by atoms with Gasteiger partial charge in [-0.2, -0.15) is 10.5 Å². The quantitative estimate of drug-likeness (QED) is 0.450. The van der Waals surface area contributed by atoms with E-state index in [-0.39, 0.29) is 0 Å². The van der Waals surface area contributed by atoms with E-state index in [0.717, 1.165) is 0 Å². The molecule has 0 heterocycles. The molecular formula is C5H6N2. The van der Waals surface area contributed by atoms with Gasteiger partial charge in [0.15, 0.2) is 0 Å². The summed E-state index contributed by atoms with van der Waals surface area (Å²) in [6.45, 7) is 3.15. The number of rotatable bonds is 0. The van der Waals surface area contributed by atoms with E-state index in [9.17, 15) is 0 Å². The first-order valence-electron chi connectivity index (χ1n) is 1.95. The van der Waals surface area contributed by atoms with E-state index in [2.05, 4.69) is 0 Å². The third-order valence-electron chi connectivity index (χ3n) is 0.559. The average Bonchev–Trinajstić information content (AvgIpc) is 1.68. The minimum Gasteiger partial charge on any atom is -0.197 e. The molecule has 0 unspecified atom stereocenters. The summed E-state index contributed by atoms with van der Waals surface area (Å²) in [5, 5.41) is 16.2. The van der Waals surface area contributed by atoms with Gasteiger partial charge >= 0.3 is 0 Å². The van der Waals surface area contributed by atoms with Crippen LogP contribution in [0, 0.1) is 28.1 Å². The Kier molecular flexibility index (Phi) is 1.38. The van der Waals surface area contributed by atoms with E-state index in [1.54, 1.807) is 13.8 Å². The highest BCUT2D eigenvalue weighted by Crippen LogP contribution is 2.08. The Morgan fingerprint density at radius 1 is 1.14 bits per heavy atom. The Morgan fingerprint density at radius 2 is 1.43 bits per heavy atom. The highest BCUT2D eigenvalue weighted by Gasteiger charge is 2.12. The third kappa shape index (κ3) is 1.78. The molecule has 0 aliphatic heterocycles. The number of hydrogen-bond donors (Lipinski definition) is 0. The minimum atomic E-state index is -0.806. The van der Waals surface area contributed by atoms with Crippen molar-refractivity contribution in [3.05, 3.63) is 0 Å². The molecule has 0 atom stereocenters. The predicted octanol–water partition coefficient (Wildman–Crippen LogP) is 1.06. The maximum Gasteiger partial charge on any atom is 0.138 e. The van der Waals surface area contributed by atoms with E-state index in [4.69, 9.17) is 10.5 Å². The number of nitriles is 2. The van der Waals surface area contributed by atoms with Crippen molar-refractivity contribution in [3.8, 4) is 12.1 Å². The van der Waals surface area contributed by atoms with Gasteiger partial charge in [0, 0.05) is 0 Å². The summed E-state index contributed by atoms with van der Waals surface area (Å²) >= 11 is 0. The van der Waals surface area contributed by atoms with E-state index < -0.39 is 5.41 Å². The smallest absolute Gasteiger partial charge is 0.138 e. The summed E-state index contributed by atoms with van der Waals surface area (Å²) in [4.78, 5) is 0. The molecule has 2 heteroatoms. The second kappa shape index (κ2) is 1.62. The highest BCUT2D eigenvalue weighted by molar-refractivity contribution is 5.07. The molecular weight excluding hydrogens is 88.1 g/mol. The third-order valence-corrected chi connectivity index (χ3v) is 0.559.